The standard InChI is InChI=1S/C22H25N3O3/c1-28-20-9-8-19(15-23-20)17-4-2-5-18(14-17)22(27)25-11-3-10-24(12-13-25)21(26)16-6-7-16/h2,4-5,8-9,14-16H,3,6-7,10-13H2,1H3. The van der Waals surface area contributed by atoms with Gasteiger partial charge in [0.15, 0.2) is 0 Å². The number of benzene rings is 1. The van der Waals surface area contributed by atoms with Crippen LogP contribution in [0.1, 0.15) is 29.6 Å². The molecule has 4 rings (SSSR count). The minimum Gasteiger partial charge on any atom is -0.481 e. The van der Waals surface area contributed by atoms with Crippen LogP contribution in [-0.2, 0) is 4.79 Å². The highest BCUT2D eigenvalue weighted by atomic mass is 16.5. The second-order valence-electron chi connectivity index (χ2n) is 7.42. The summed E-state index contributed by atoms with van der Waals surface area (Å²) in [6.07, 6.45) is 4.61. The Morgan fingerprint density at radius 1 is 1.00 bits per heavy atom. The van der Waals surface area contributed by atoms with Crippen molar-refractivity contribution >= 4 is 11.8 Å². The lowest BCUT2D eigenvalue weighted by atomic mass is 10.0. The molecule has 1 aliphatic carbocycles. The number of rotatable bonds is 4. The normalized spacial score (nSPS) is 17.2. The predicted octanol–water partition coefficient (Wildman–Crippen LogP) is 2.84. The van der Waals surface area contributed by atoms with E-state index in [1.165, 1.54) is 0 Å². The summed E-state index contributed by atoms with van der Waals surface area (Å²) < 4.78 is 5.10. The molecule has 0 N–H and O–H groups in total. The highest BCUT2D eigenvalue weighted by molar-refractivity contribution is 5.95. The van der Waals surface area contributed by atoms with Gasteiger partial charge in [0.2, 0.25) is 11.8 Å². The molecule has 1 saturated heterocycles. The fraction of sp³-hybridized carbons (Fsp3) is 0.409. The topological polar surface area (TPSA) is 62.7 Å². The van der Waals surface area contributed by atoms with E-state index in [4.69, 9.17) is 4.74 Å². The van der Waals surface area contributed by atoms with Gasteiger partial charge < -0.3 is 14.5 Å². The largest absolute Gasteiger partial charge is 0.481 e. The molecule has 2 aliphatic rings. The SMILES string of the molecule is COc1ccc(-c2cccc(C(=O)N3CCCN(C(=O)C4CC4)CC3)c2)cn1. The van der Waals surface area contributed by atoms with Crippen LogP contribution < -0.4 is 4.74 Å². The van der Waals surface area contributed by atoms with Gasteiger partial charge in [-0.2, -0.15) is 0 Å². The minimum atomic E-state index is 0.0176. The van der Waals surface area contributed by atoms with Gasteiger partial charge in [-0.05, 0) is 43.0 Å². The van der Waals surface area contributed by atoms with Crippen LogP contribution in [0, 0.1) is 5.92 Å². The molecule has 0 bridgehead atoms. The maximum Gasteiger partial charge on any atom is 0.253 e. The van der Waals surface area contributed by atoms with E-state index in [9.17, 15) is 9.59 Å². The Morgan fingerprint density at radius 3 is 2.50 bits per heavy atom. The fourth-order valence-corrected chi connectivity index (χ4v) is 3.62. The summed E-state index contributed by atoms with van der Waals surface area (Å²) in [6.45, 7) is 2.65. The third-order valence-electron chi connectivity index (χ3n) is 5.41. The number of amides is 2. The van der Waals surface area contributed by atoms with Gasteiger partial charge in [0, 0.05) is 55.5 Å². The van der Waals surface area contributed by atoms with E-state index in [1.54, 1.807) is 13.3 Å². The first-order valence-corrected chi connectivity index (χ1v) is 9.84. The number of ether oxygens (including phenoxy) is 1. The van der Waals surface area contributed by atoms with Crippen molar-refractivity contribution in [2.24, 2.45) is 5.92 Å². The maximum atomic E-state index is 13.0. The van der Waals surface area contributed by atoms with Gasteiger partial charge in [-0.25, -0.2) is 4.98 Å². The average Bonchev–Trinajstić information content (AvgIpc) is 3.60. The molecule has 1 aromatic carbocycles. The first-order chi connectivity index (χ1) is 13.7. The van der Waals surface area contributed by atoms with Crippen LogP contribution in [-0.4, -0.2) is 59.9 Å². The van der Waals surface area contributed by atoms with Crippen LogP contribution in [0.15, 0.2) is 42.6 Å². The van der Waals surface area contributed by atoms with Crippen molar-refractivity contribution in [1.82, 2.24) is 14.8 Å². The molecular formula is C22H25N3O3. The molecule has 2 heterocycles. The molecule has 0 spiro atoms. The zero-order valence-corrected chi connectivity index (χ0v) is 16.1. The molecule has 2 aromatic rings. The van der Waals surface area contributed by atoms with E-state index >= 15 is 0 Å². The smallest absolute Gasteiger partial charge is 0.253 e. The van der Waals surface area contributed by atoms with Gasteiger partial charge in [-0.1, -0.05) is 12.1 Å². The van der Waals surface area contributed by atoms with Crippen molar-refractivity contribution in [1.29, 1.82) is 0 Å². The number of hydrogen-bond donors (Lipinski definition) is 0. The van der Waals surface area contributed by atoms with E-state index in [0.29, 0.717) is 31.1 Å². The second-order valence-corrected chi connectivity index (χ2v) is 7.42. The van der Waals surface area contributed by atoms with Crippen LogP contribution in [0.25, 0.3) is 11.1 Å². The molecule has 1 aromatic heterocycles. The van der Waals surface area contributed by atoms with E-state index in [0.717, 1.165) is 36.9 Å². The molecule has 28 heavy (non-hydrogen) atoms. The quantitative estimate of drug-likeness (QED) is 0.820. The summed E-state index contributed by atoms with van der Waals surface area (Å²) in [5, 5.41) is 0. The molecule has 0 atom stereocenters. The fourth-order valence-electron chi connectivity index (χ4n) is 3.62. The first-order valence-electron chi connectivity index (χ1n) is 9.84. The Labute approximate surface area is 165 Å². The van der Waals surface area contributed by atoms with Crippen LogP contribution in [0.3, 0.4) is 0 Å². The lowest BCUT2D eigenvalue weighted by molar-refractivity contribution is -0.132. The molecular weight excluding hydrogens is 354 g/mol. The molecule has 1 aliphatic heterocycles. The van der Waals surface area contributed by atoms with Crippen LogP contribution >= 0.6 is 0 Å². The highest BCUT2D eigenvalue weighted by Crippen LogP contribution is 2.31. The summed E-state index contributed by atoms with van der Waals surface area (Å²) >= 11 is 0. The van der Waals surface area contributed by atoms with Gasteiger partial charge >= 0.3 is 0 Å². The number of pyridine rings is 1. The summed E-state index contributed by atoms with van der Waals surface area (Å²) in [5.74, 6) is 1.08. The molecule has 2 fully saturated rings. The van der Waals surface area contributed by atoms with Gasteiger partial charge in [-0.15, -0.1) is 0 Å². The highest BCUT2D eigenvalue weighted by Gasteiger charge is 2.34. The zero-order chi connectivity index (χ0) is 19.5. The number of carbonyl (C=O) groups excluding carboxylic acids is 2. The summed E-state index contributed by atoms with van der Waals surface area (Å²) in [7, 11) is 1.59. The van der Waals surface area contributed by atoms with Gasteiger partial charge in [0.1, 0.15) is 0 Å². The van der Waals surface area contributed by atoms with E-state index in [-0.39, 0.29) is 17.7 Å². The number of nitrogens with zero attached hydrogens (tertiary/aromatic N) is 3. The Balaban J connectivity index is 1.46. The zero-order valence-electron chi connectivity index (χ0n) is 16.1. The lowest BCUT2D eigenvalue weighted by Crippen LogP contribution is -2.38. The molecule has 2 amide bonds. The summed E-state index contributed by atoms with van der Waals surface area (Å²) in [5.41, 5.74) is 2.55. The number of hydrogen-bond acceptors (Lipinski definition) is 4. The Hall–Kier alpha value is -2.89. The Kier molecular flexibility index (Phi) is 5.28. The molecule has 1 saturated carbocycles. The third-order valence-corrected chi connectivity index (χ3v) is 5.41. The van der Waals surface area contributed by atoms with Gasteiger partial charge in [0.05, 0.1) is 7.11 Å². The van der Waals surface area contributed by atoms with Gasteiger partial charge in [-0.3, -0.25) is 9.59 Å². The molecule has 146 valence electrons. The van der Waals surface area contributed by atoms with E-state index in [2.05, 4.69) is 4.98 Å². The molecule has 6 heteroatoms. The average molecular weight is 379 g/mol. The van der Waals surface area contributed by atoms with E-state index < -0.39 is 0 Å². The molecule has 6 nitrogen and oxygen atoms in total. The van der Waals surface area contributed by atoms with Crippen molar-refractivity contribution in [3.8, 4) is 17.0 Å². The van der Waals surface area contributed by atoms with Crippen molar-refractivity contribution in [3.05, 3.63) is 48.2 Å². The monoisotopic (exact) mass is 379 g/mol. The van der Waals surface area contributed by atoms with Crippen LogP contribution in [0.2, 0.25) is 0 Å². The predicted molar refractivity (Wildman–Crippen MR) is 106 cm³/mol. The van der Waals surface area contributed by atoms with Crippen molar-refractivity contribution in [3.63, 3.8) is 0 Å². The van der Waals surface area contributed by atoms with Crippen LogP contribution in [0.4, 0.5) is 0 Å². The Morgan fingerprint density at radius 2 is 1.79 bits per heavy atom. The van der Waals surface area contributed by atoms with Crippen molar-refractivity contribution in [2.45, 2.75) is 19.3 Å². The number of aromatic nitrogens is 1. The third kappa shape index (κ3) is 4.01. The maximum absolute atomic E-state index is 13.0. The lowest BCUT2D eigenvalue weighted by Gasteiger charge is -2.22. The first kappa shape index (κ1) is 18.5. The summed E-state index contributed by atoms with van der Waals surface area (Å²) in [6, 6.07) is 11.4. The van der Waals surface area contributed by atoms with E-state index in [1.807, 2.05) is 46.2 Å². The second kappa shape index (κ2) is 8.00. The van der Waals surface area contributed by atoms with Crippen LogP contribution in [0.5, 0.6) is 5.88 Å². The van der Waals surface area contributed by atoms with Crippen molar-refractivity contribution in [2.75, 3.05) is 33.3 Å². The Bertz CT molecular complexity index is 862. The number of methoxy groups -OCH3 is 1. The number of carbonyl (C=O) groups is 2. The molecule has 0 radical (unpaired) electrons. The molecule has 0 unspecified atom stereocenters. The minimum absolute atomic E-state index is 0.0176. The van der Waals surface area contributed by atoms with Crippen molar-refractivity contribution < 1.29 is 14.3 Å². The van der Waals surface area contributed by atoms with Gasteiger partial charge in [0.25, 0.3) is 5.91 Å². The summed E-state index contributed by atoms with van der Waals surface area (Å²) in [4.78, 5) is 33.4.